The number of fused-ring (bicyclic) bond motifs is 1. The summed E-state index contributed by atoms with van der Waals surface area (Å²) in [5.41, 5.74) is 0.283. The van der Waals surface area contributed by atoms with Crippen molar-refractivity contribution in [3.63, 3.8) is 0 Å². The lowest BCUT2D eigenvalue weighted by Crippen LogP contribution is -2.21. The van der Waals surface area contributed by atoms with Gasteiger partial charge in [-0.1, -0.05) is 0 Å². The standard InChI is InChI=1S/C26H31F2N6O3/c1-34-7-6-15(13-34)11-29-25-24-16(12-30-26(33-24)31-17-5-4-8-37-14-17)9-18(32-25)21-22(27)19(35-2)10-20(36-3)23(21)28/h9-10,12,15,17H,4-8,11,13-14H2,1-3H3,(H-,29,30,31,32,33)/q-1. The van der Waals surface area contributed by atoms with Gasteiger partial charge in [-0.05, 0) is 56.4 Å². The Morgan fingerprint density at radius 1 is 1.14 bits per heavy atom. The van der Waals surface area contributed by atoms with Crippen molar-refractivity contribution >= 4 is 22.7 Å². The molecule has 2 unspecified atom stereocenters. The first-order chi connectivity index (χ1) is 18.0. The number of anilines is 1. The molecule has 1 N–H and O–H groups in total. The second-order valence-electron chi connectivity index (χ2n) is 9.55. The third-order valence-corrected chi connectivity index (χ3v) is 6.86. The van der Waals surface area contributed by atoms with Crippen LogP contribution >= 0.6 is 0 Å². The molecule has 0 amide bonds. The average molecular weight is 514 g/mol. The van der Waals surface area contributed by atoms with Gasteiger partial charge in [0.2, 0.25) is 0 Å². The zero-order valence-electron chi connectivity index (χ0n) is 21.3. The maximum Gasteiger partial charge on any atom is 0.177 e. The fourth-order valence-electron chi connectivity index (χ4n) is 4.88. The maximum atomic E-state index is 15.3. The number of rotatable bonds is 8. The lowest BCUT2D eigenvalue weighted by atomic mass is 10.1. The molecule has 0 aliphatic carbocycles. The van der Waals surface area contributed by atoms with Crippen molar-refractivity contribution in [2.75, 3.05) is 59.4 Å². The van der Waals surface area contributed by atoms with Crippen LogP contribution in [0.3, 0.4) is 0 Å². The third kappa shape index (κ3) is 5.37. The first kappa shape index (κ1) is 25.3. The summed E-state index contributed by atoms with van der Waals surface area (Å²) in [6.07, 6.45) is 4.51. The van der Waals surface area contributed by atoms with E-state index in [-0.39, 0.29) is 28.8 Å². The highest BCUT2D eigenvalue weighted by Crippen LogP contribution is 2.39. The van der Waals surface area contributed by atoms with Gasteiger partial charge in [-0.3, -0.25) is 0 Å². The molecule has 5 rings (SSSR count). The highest BCUT2D eigenvalue weighted by molar-refractivity contribution is 5.92. The van der Waals surface area contributed by atoms with E-state index in [1.54, 1.807) is 12.3 Å². The lowest BCUT2D eigenvalue weighted by molar-refractivity contribution is 0.0903. The van der Waals surface area contributed by atoms with Crippen molar-refractivity contribution < 1.29 is 23.0 Å². The summed E-state index contributed by atoms with van der Waals surface area (Å²) in [5, 5.41) is 8.61. The number of nitrogens with zero attached hydrogens (tertiary/aromatic N) is 5. The third-order valence-electron chi connectivity index (χ3n) is 6.86. The van der Waals surface area contributed by atoms with Gasteiger partial charge in [0.05, 0.1) is 32.1 Å². The lowest BCUT2D eigenvalue weighted by Gasteiger charge is -2.27. The van der Waals surface area contributed by atoms with E-state index in [1.165, 1.54) is 20.3 Å². The van der Waals surface area contributed by atoms with E-state index in [1.807, 2.05) is 0 Å². The van der Waals surface area contributed by atoms with Crippen molar-refractivity contribution in [2.24, 2.45) is 5.92 Å². The Hall–Kier alpha value is -3.31. The number of aromatic nitrogens is 3. The van der Waals surface area contributed by atoms with Gasteiger partial charge in [-0.25, -0.2) is 13.8 Å². The molecule has 3 aromatic rings. The normalized spacial score (nSPS) is 20.2. The van der Waals surface area contributed by atoms with Gasteiger partial charge in [0.15, 0.2) is 23.1 Å². The number of pyridine rings is 1. The second-order valence-corrected chi connectivity index (χ2v) is 9.55. The van der Waals surface area contributed by atoms with Crippen LogP contribution in [0.15, 0.2) is 18.3 Å². The SMILES string of the molecule is COc1cc(OC)c(F)c(-c2cc3cnc([N-]C4CCCOC4)nc3c(NCC3CCN(C)C3)n2)c1F. The van der Waals surface area contributed by atoms with Crippen LogP contribution in [0.5, 0.6) is 11.5 Å². The molecule has 2 aliphatic heterocycles. The largest absolute Gasteiger partial charge is 0.494 e. The Labute approximate surface area is 214 Å². The van der Waals surface area contributed by atoms with Crippen molar-refractivity contribution in [3.05, 3.63) is 35.3 Å². The minimum absolute atomic E-state index is 0.00342. The van der Waals surface area contributed by atoms with Crippen molar-refractivity contribution in [3.8, 4) is 22.8 Å². The first-order valence-corrected chi connectivity index (χ1v) is 12.5. The number of benzene rings is 1. The minimum atomic E-state index is -0.860. The molecule has 0 bridgehead atoms. The summed E-state index contributed by atoms with van der Waals surface area (Å²) in [5.74, 6) is -0.830. The number of likely N-dealkylation sites (tertiary alicyclic amines) is 1. The van der Waals surface area contributed by atoms with Crippen LogP contribution in [-0.2, 0) is 4.74 Å². The summed E-state index contributed by atoms with van der Waals surface area (Å²) in [6.45, 7) is 3.90. The highest BCUT2D eigenvalue weighted by Gasteiger charge is 2.24. The molecule has 198 valence electrons. The number of hydrogen-bond donors (Lipinski definition) is 1. The average Bonchev–Trinajstić information content (AvgIpc) is 3.33. The number of nitrogens with one attached hydrogen (secondary N) is 1. The van der Waals surface area contributed by atoms with Crippen LogP contribution in [0.4, 0.5) is 20.5 Å². The predicted molar refractivity (Wildman–Crippen MR) is 137 cm³/mol. The molecule has 11 heteroatoms. The molecule has 2 saturated heterocycles. The molecule has 2 aromatic heterocycles. The molecule has 2 atom stereocenters. The predicted octanol–water partition coefficient (Wildman–Crippen LogP) is 4.54. The van der Waals surface area contributed by atoms with Crippen molar-refractivity contribution in [1.82, 2.24) is 19.9 Å². The van der Waals surface area contributed by atoms with Gasteiger partial charge in [0.25, 0.3) is 0 Å². The summed E-state index contributed by atoms with van der Waals surface area (Å²) < 4.78 is 46.4. The molecule has 2 aliphatic rings. The molecule has 0 saturated carbocycles. The molecule has 1 aromatic carbocycles. The molecule has 4 heterocycles. The monoisotopic (exact) mass is 513 g/mol. The van der Waals surface area contributed by atoms with E-state index in [0.717, 1.165) is 39.0 Å². The van der Waals surface area contributed by atoms with Gasteiger partial charge >= 0.3 is 0 Å². The summed E-state index contributed by atoms with van der Waals surface area (Å²) >= 11 is 0. The van der Waals surface area contributed by atoms with Crippen LogP contribution in [0.2, 0.25) is 0 Å². The topological polar surface area (TPSA) is 95.7 Å². The van der Waals surface area contributed by atoms with E-state index >= 15 is 8.78 Å². The number of hydrogen-bond acceptors (Lipinski definition) is 8. The Morgan fingerprint density at radius 2 is 1.92 bits per heavy atom. The fourth-order valence-corrected chi connectivity index (χ4v) is 4.88. The number of methoxy groups -OCH3 is 2. The molecule has 2 fully saturated rings. The van der Waals surface area contributed by atoms with Crippen LogP contribution < -0.4 is 14.8 Å². The van der Waals surface area contributed by atoms with Gasteiger partial charge in [-0.2, -0.15) is 0 Å². The Kier molecular flexibility index (Phi) is 7.52. The van der Waals surface area contributed by atoms with Crippen molar-refractivity contribution in [1.29, 1.82) is 0 Å². The van der Waals surface area contributed by atoms with E-state index < -0.39 is 11.6 Å². The molecule has 37 heavy (non-hydrogen) atoms. The quantitative estimate of drug-likeness (QED) is 0.469. The summed E-state index contributed by atoms with van der Waals surface area (Å²) in [6, 6.07) is 2.74. The van der Waals surface area contributed by atoms with Crippen LogP contribution in [0.1, 0.15) is 19.3 Å². The van der Waals surface area contributed by atoms with E-state index in [9.17, 15) is 0 Å². The molecule has 9 nitrogen and oxygen atoms in total. The van der Waals surface area contributed by atoms with E-state index in [4.69, 9.17) is 14.2 Å². The highest BCUT2D eigenvalue weighted by atomic mass is 19.1. The first-order valence-electron chi connectivity index (χ1n) is 12.5. The molecule has 0 spiro atoms. The zero-order valence-corrected chi connectivity index (χ0v) is 21.3. The Morgan fingerprint density at radius 3 is 2.57 bits per heavy atom. The van der Waals surface area contributed by atoms with E-state index in [2.05, 4.69) is 37.5 Å². The second kappa shape index (κ2) is 11.0. The minimum Gasteiger partial charge on any atom is -0.494 e. The smallest absolute Gasteiger partial charge is 0.177 e. The number of ether oxygens (including phenoxy) is 3. The molecule has 0 radical (unpaired) electrons. The van der Waals surface area contributed by atoms with Crippen LogP contribution in [0, 0.1) is 17.6 Å². The maximum absolute atomic E-state index is 15.3. The van der Waals surface area contributed by atoms with Gasteiger partial charge < -0.3 is 39.7 Å². The fraction of sp³-hybridized carbons (Fsp3) is 0.500. The summed E-state index contributed by atoms with van der Waals surface area (Å²) in [4.78, 5) is 16.0. The number of halogens is 2. The molecular formula is C26H31F2N6O3-. The van der Waals surface area contributed by atoms with E-state index in [0.29, 0.717) is 41.7 Å². The Bertz CT molecular complexity index is 1240. The zero-order chi connectivity index (χ0) is 25.9. The van der Waals surface area contributed by atoms with Crippen molar-refractivity contribution in [2.45, 2.75) is 25.3 Å². The Balaban J connectivity index is 1.57. The van der Waals surface area contributed by atoms with Gasteiger partial charge in [0, 0.05) is 43.3 Å². The van der Waals surface area contributed by atoms with Crippen LogP contribution in [-0.4, -0.2) is 80.0 Å². The molecular weight excluding hydrogens is 482 g/mol. The summed E-state index contributed by atoms with van der Waals surface area (Å²) in [7, 11) is 4.72. The van der Waals surface area contributed by atoms with Gasteiger partial charge in [0.1, 0.15) is 5.82 Å². The van der Waals surface area contributed by atoms with Crippen LogP contribution in [0.25, 0.3) is 27.5 Å². The van der Waals surface area contributed by atoms with Gasteiger partial charge in [-0.15, -0.1) is 0 Å².